The summed E-state index contributed by atoms with van der Waals surface area (Å²) in [5.41, 5.74) is 1.45. The smallest absolute Gasteiger partial charge is 0.236 e. The minimum Gasteiger partial charge on any atom is -0.440 e. The minimum absolute atomic E-state index is 0.0809. The van der Waals surface area contributed by atoms with Gasteiger partial charge in [-0.3, -0.25) is 0 Å². The number of halogens is 1. The highest BCUT2D eigenvalue weighted by Crippen LogP contribution is 2.26. The van der Waals surface area contributed by atoms with Crippen molar-refractivity contribution in [1.82, 2.24) is 9.71 Å². The molecule has 2 heterocycles. The van der Waals surface area contributed by atoms with Crippen molar-refractivity contribution in [3.63, 3.8) is 0 Å². The molecule has 0 aliphatic carbocycles. The Labute approximate surface area is 155 Å². The van der Waals surface area contributed by atoms with Crippen LogP contribution in [0.4, 0.5) is 0 Å². The van der Waals surface area contributed by atoms with E-state index in [2.05, 4.69) is 9.71 Å². The Bertz CT molecular complexity index is 933. The van der Waals surface area contributed by atoms with Gasteiger partial charge in [0.05, 0.1) is 16.3 Å². The summed E-state index contributed by atoms with van der Waals surface area (Å²) in [6.07, 6.45) is 0.473. The molecule has 3 aromatic rings. The molecular formula is C17H17ClN2O3S2. The number of nitrogens with zero attached hydrogens (tertiary/aromatic N) is 1. The third kappa shape index (κ3) is 4.92. The van der Waals surface area contributed by atoms with Crippen molar-refractivity contribution in [3.8, 4) is 10.8 Å². The van der Waals surface area contributed by atoms with Crippen LogP contribution in [-0.4, -0.2) is 19.9 Å². The number of benzene rings is 1. The van der Waals surface area contributed by atoms with E-state index >= 15 is 0 Å². The zero-order valence-corrected chi connectivity index (χ0v) is 15.9. The van der Waals surface area contributed by atoms with Crippen LogP contribution in [-0.2, 0) is 22.2 Å². The third-order valence-corrected chi connectivity index (χ3v) is 6.05. The quantitative estimate of drug-likeness (QED) is 0.654. The molecule has 0 amide bonds. The SMILES string of the molecule is Cc1oc(-c2cccs2)nc1CCNS(=O)(=O)Cc1ccc(Cl)cc1. The summed E-state index contributed by atoms with van der Waals surface area (Å²) in [7, 11) is -3.42. The first kappa shape index (κ1) is 18.1. The van der Waals surface area contributed by atoms with E-state index in [0.717, 1.165) is 10.6 Å². The van der Waals surface area contributed by atoms with E-state index in [4.69, 9.17) is 16.0 Å². The van der Waals surface area contributed by atoms with Gasteiger partial charge >= 0.3 is 0 Å². The van der Waals surface area contributed by atoms with Crippen molar-refractivity contribution in [2.45, 2.75) is 19.1 Å². The predicted molar refractivity (Wildman–Crippen MR) is 100 cm³/mol. The van der Waals surface area contributed by atoms with Gasteiger partial charge in [0, 0.05) is 18.0 Å². The van der Waals surface area contributed by atoms with Gasteiger partial charge in [0.15, 0.2) is 0 Å². The van der Waals surface area contributed by atoms with Gasteiger partial charge in [0.1, 0.15) is 5.76 Å². The summed E-state index contributed by atoms with van der Waals surface area (Å²) in [6.45, 7) is 2.11. The lowest BCUT2D eigenvalue weighted by Crippen LogP contribution is -2.27. The van der Waals surface area contributed by atoms with Gasteiger partial charge in [-0.1, -0.05) is 29.8 Å². The summed E-state index contributed by atoms with van der Waals surface area (Å²) in [6, 6.07) is 10.6. The number of rotatable bonds is 7. The first-order valence-corrected chi connectivity index (χ1v) is 10.6. The number of sulfonamides is 1. The van der Waals surface area contributed by atoms with Gasteiger partial charge in [-0.2, -0.15) is 0 Å². The fourth-order valence-corrected chi connectivity index (χ4v) is 4.26. The highest BCUT2D eigenvalue weighted by Gasteiger charge is 2.15. The van der Waals surface area contributed by atoms with E-state index < -0.39 is 10.0 Å². The Morgan fingerprint density at radius 1 is 1.24 bits per heavy atom. The van der Waals surface area contributed by atoms with Gasteiger partial charge < -0.3 is 4.42 Å². The summed E-state index contributed by atoms with van der Waals surface area (Å²) >= 11 is 7.36. The number of thiophene rings is 1. The fraction of sp³-hybridized carbons (Fsp3) is 0.235. The molecule has 5 nitrogen and oxygen atoms in total. The Morgan fingerprint density at radius 2 is 2.00 bits per heavy atom. The van der Waals surface area contributed by atoms with Crippen molar-refractivity contribution in [3.05, 3.63) is 63.8 Å². The van der Waals surface area contributed by atoms with E-state index in [-0.39, 0.29) is 12.3 Å². The highest BCUT2D eigenvalue weighted by molar-refractivity contribution is 7.88. The zero-order valence-electron chi connectivity index (χ0n) is 13.5. The van der Waals surface area contributed by atoms with Crippen LogP contribution in [0.3, 0.4) is 0 Å². The average Bonchev–Trinajstić information content (AvgIpc) is 3.19. The number of hydrogen-bond donors (Lipinski definition) is 1. The fourth-order valence-electron chi connectivity index (χ4n) is 2.34. The number of aromatic nitrogens is 1. The third-order valence-electron chi connectivity index (χ3n) is 3.58. The maximum Gasteiger partial charge on any atom is 0.236 e. The summed E-state index contributed by atoms with van der Waals surface area (Å²) < 4.78 is 32.6. The maximum atomic E-state index is 12.2. The Kier molecular flexibility index (Phi) is 5.58. The van der Waals surface area contributed by atoms with Gasteiger partial charge in [0.2, 0.25) is 15.9 Å². The first-order valence-electron chi connectivity index (χ1n) is 7.65. The number of aryl methyl sites for hydroxylation is 1. The van der Waals surface area contributed by atoms with Crippen molar-refractivity contribution in [1.29, 1.82) is 0 Å². The van der Waals surface area contributed by atoms with Crippen LogP contribution in [0.2, 0.25) is 5.02 Å². The second kappa shape index (κ2) is 7.70. The molecular weight excluding hydrogens is 380 g/mol. The number of hydrogen-bond acceptors (Lipinski definition) is 5. The lowest BCUT2D eigenvalue weighted by Gasteiger charge is -2.06. The summed E-state index contributed by atoms with van der Waals surface area (Å²) in [5.74, 6) is 1.20. The molecule has 132 valence electrons. The van der Waals surface area contributed by atoms with E-state index in [9.17, 15) is 8.42 Å². The van der Waals surface area contributed by atoms with Crippen LogP contribution in [0, 0.1) is 6.92 Å². The molecule has 2 aromatic heterocycles. The van der Waals surface area contributed by atoms with Crippen LogP contribution in [0.5, 0.6) is 0 Å². The van der Waals surface area contributed by atoms with Crippen molar-refractivity contribution >= 4 is 33.0 Å². The summed E-state index contributed by atoms with van der Waals surface area (Å²) in [5, 5.41) is 2.54. The second-order valence-corrected chi connectivity index (χ2v) is 8.72. The van der Waals surface area contributed by atoms with Crippen LogP contribution in [0.15, 0.2) is 46.2 Å². The highest BCUT2D eigenvalue weighted by atomic mass is 35.5. The zero-order chi connectivity index (χ0) is 17.9. The monoisotopic (exact) mass is 396 g/mol. The molecule has 0 unspecified atom stereocenters. The van der Waals surface area contributed by atoms with Crippen LogP contribution >= 0.6 is 22.9 Å². The molecule has 0 atom stereocenters. The molecule has 25 heavy (non-hydrogen) atoms. The minimum atomic E-state index is -3.42. The van der Waals surface area contributed by atoms with Crippen LogP contribution in [0.1, 0.15) is 17.0 Å². The van der Waals surface area contributed by atoms with Crippen LogP contribution < -0.4 is 4.72 Å². The van der Waals surface area contributed by atoms with Crippen molar-refractivity contribution < 1.29 is 12.8 Å². The maximum absolute atomic E-state index is 12.2. The van der Waals surface area contributed by atoms with Gasteiger partial charge in [-0.25, -0.2) is 18.1 Å². The van der Waals surface area contributed by atoms with E-state index in [1.807, 2.05) is 24.4 Å². The van der Waals surface area contributed by atoms with E-state index in [1.165, 1.54) is 0 Å². The first-order chi connectivity index (χ1) is 11.9. The molecule has 8 heteroatoms. The van der Waals surface area contributed by atoms with Gasteiger partial charge in [0.25, 0.3) is 0 Å². The molecule has 0 bridgehead atoms. The lowest BCUT2D eigenvalue weighted by atomic mass is 10.2. The normalized spacial score (nSPS) is 11.8. The molecule has 1 N–H and O–H groups in total. The largest absolute Gasteiger partial charge is 0.440 e. The molecule has 0 saturated carbocycles. The summed E-state index contributed by atoms with van der Waals surface area (Å²) in [4.78, 5) is 5.42. The van der Waals surface area contributed by atoms with Crippen molar-refractivity contribution in [2.24, 2.45) is 0 Å². The van der Waals surface area contributed by atoms with Crippen molar-refractivity contribution in [2.75, 3.05) is 6.54 Å². The van der Waals surface area contributed by atoms with Gasteiger partial charge in [-0.15, -0.1) is 11.3 Å². The molecule has 0 fully saturated rings. The Balaban J connectivity index is 1.58. The molecule has 0 aliphatic rings. The predicted octanol–water partition coefficient (Wildman–Crippen LogP) is 4.03. The Morgan fingerprint density at radius 3 is 2.68 bits per heavy atom. The van der Waals surface area contributed by atoms with Gasteiger partial charge in [-0.05, 0) is 36.1 Å². The van der Waals surface area contributed by atoms with E-state index in [1.54, 1.807) is 35.6 Å². The number of oxazole rings is 1. The standard InChI is InChI=1S/C17H17ClN2O3S2/c1-12-15(20-17(23-12)16-3-2-10-24-16)8-9-19-25(21,22)11-13-4-6-14(18)7-5-13/h2-7,10,19H,8-9,11H2,1H3. The molecule has 1 aromatic carbocycles. The molecule has 0 saturated heterocycles. The topological polar surface area (TPSA) is 72.2 Å². The molecule has 0 aliphatic heterocycles. The van der Waals surface area contributed by atoms with E-state index in [0.29, 0.717) is 28.7 Å². The molecule has 0 radical (unpaired) electrons. The second-order valence-electron chi connectivity index (χ2n) is 5.53. The lowest BCUT2D eigenvalue weighted by molar-refractivity contribution is 0.539. The average molecular weight is 397 g/mol. The van der Waals surface area contributed by atoms with Crippen LogP contribution in [0.25, 0.3) is 10.8 Å². The number of nitrogens with one attached hydrogen (secondary N) is 1. The molecule has 0 spiro atoms. The molecule has 3 rings (SSSR count). The Hall–Kier alpha value is -1.67.